The van der Waals surface area contributed by atoms with Gasteiger partial charge >= 0.3 is 0 Å². The first-order valence-electron chi connectivity index (χ1n) is 9.15. The molecule has 0 aliphatic heterocycles. The number of thioether (sulfide) groups is 2. The van der Waals surface area contributed by atoms with Crippen molar-refractivity contribution in [3.63, 3.8) is 0 Å². The quantitative estimate of drug-likeness (QED) is 0.347. The van der Waals surface area contributed by atoms with Crippen LogP contribution in [0.3, 0.4) is 0 Å². The summed E-state index contributed by atoms with van der Waals surface area (Å²) in [4.78, 5) is 29.4. The molecule has 0 saturated carbocycles. The van der Waals surface area contributed by atoms with E-state index in [9.17, 15) is 9.59 Å². The lowest BCUT2D eigenvalue weighted by molar-refractivity contribution is -0.114. The number of benzene rings is 2. The van der Waals surface area contributed by atoms with Crippen molar-refractivity contribution in [1.82, 2.24) is 9.36 Å². The van der Waals surface area contributed by atoms with Crippen LogP contribution in [0.4, 0.5) is 10.8 Å². The molecule has 30 heavy (non-hydrogen) atoms. The Hall–Kier alpha value is -2.62. The number of carbonyl (C=O) groups is 2. The van der Waals surface area contributed by atoms with E-state index in [2.05, 4.69) is 20.0 Å². The molecule has 0 radical (unpaired) electrons. The van der Waals surface area contributed by atoms with Gasteiger partial charge in [0.05, 0.1) is 5.75 Å². The Morgan fingerprint density at radius 1 is 1.07 bits per heavy atom. The Balaban J connectivity index is 1.49. The van der Waals surface area contributed by atoms with Crippen molar-refractivity contribution in [3.05, 3.63) is 66.2 Å². The third kappa shape index (κ3) is 7.33. The first-order valence-corrected chi connectivity index (χ1v) is 11.9. The van der Waals surface area contributed by atoms with Gasteiger partial charge in [0.15, 0.2) is 0 Å². The molecule has 0 bridgehead atoms. The molecule has 0 spiro atoms. The second kappa shape index (κ2) is 11.5. The van der Waals surface area contributed by atoms with Gasteiger partial charge in [-0.05, 0) is 35.6 Å². The fourth-order valence-corrected chi connectivity index (χ4v) is 4.38. The van der Waals surface area contributed by atoms with Gasteiger partial charge in [-0.15, -0.1) is 11.8 Å². The predicted octanol–water partition coefficient (Wildman–Crippen LogP) is 5.03. The van der Waals surface area contributed by atoms with Crippen LogP contribution in [0.25, 0.3) is 6.08 Å². The molecule has 0 fully saturated rings. The van der Waals surface area contributed by atoms with Crippen LogP contribution in [-0.2, 0) is 9.59 Å². The monoisotopic (exact) mass is 456 g/mol. The molecule has 6 nitrogen and oxygen atoms in total. The Labute approximate surface area is 187 Å². The average Bonchev–Trinajstić information content (AvgIpc) is 3.19. The molecule has 1 aromatic heterocycles. The van der Waals surface area contributed by atoms with Crippen molar-refractivity contribution >= 4 is 63.8 Å². The van der Waals surface area contributed by atoms with E-state index in [1.807, 2.05) is 61.5 Å². The fourth-order valence-electron chi connectivity index (χ4n) is 2.34. The number of hydrogen-bond acceptors (Lipinski definition) is 7. The minimum absolute atomic E-state index is 0.149. The lowest BCUT2D eigenvalue weighted by atomic mass is 10.2. The molecule has 0 aliphatic rings. The van der Waals surface area contributed by atoms with E-state index in [4.69, 9.17) is 0 Å². The minimum atomic E-state index is -0.212. The van der Waals surface area contributed by atoms with Crippen LogP contribution in [0.1, 0.15) is 12.5 Å². The zero-order valence-electron chi connectivity index (χ0n) is 16.2. The molecular formula is C21H20N4O2S3. The Bertz CT molecular complexity index is 1020. The van der Waals surface area contributed by atoms with Gasteiger partial charge in [0, 0.05) is 28.2 Å². The Kier molecular flexibility index (Phi) is 8.49. The minimum Gasteiger partial charge on any atom is -0.322 e. The largest absolute Gasteiger partial charge is 0.322 e. The molecule has 3 aromatic rings. The van der Waals surface area contributed by atoms with E-state index in [0.29, 0.717) is 16.0 Å². The number of anilines is 2. The highest BCUT2D eigenvalue weighted by molar-refractivity contribution is 8.00. The zero-order valence-corrected chi connectivity index (χ0v) is 18.7. The SMILES string of the molecule is CCSc1nsc(NC(=O)CSc2cccc(NC(=O)/C=C/c3ccccc3)c2)n1. The highest BCUT2D eigenvalue weighted by Gasteiger charge is 2.09. The summed E-state index contributed by atoms with van der Waals surface area (Å²) in [6.07, 6.45) is 3.26. The normalized spacial score (nSPS) is 10.8. The van der Waals surface area contributed by atoms with Crippen molar-refractivity contribution < 1.29 is 9.59 Å². The van der Waals surface area contributed by atoms with Gasteiger partial charge < -0.3 is 5.32 Å². The number of nitrogens with zero attached hydrogens (tertiary/aromatic N) is 2. The first-order chi connectivity index (χ1) is 14.6. The molecule has 0 unspecified atom stereocenters. The second-order valence-corrected chi connectivity index (χ2v) is 8.94. The van der Waals surface area contributed by atoms with Gasteiger partial charge in [0.1, 0.15) is 0 Å². The maximum absolute atomic E-state index is 12.2. The van der Waals surface area contributed by atoms with E-state index in [1.165, 1.54) is 41.1 Å². The van der Waals surface area contributed by atoms with E-state index in [0.717, 1.165) is 16.2 Å². The molecule has 154 valence electrons. The number of carbonyl (C=O) groups excluding carboxylic acids is 2. The van der Waals surface area contributed by atoms with E-state index >= 15 is 0 Å². The standard InChI is InChI=1S/C21H20N4O2S3/c1-2-28-21-24-20(30-25-21)23-19(27)14-29-17-10-6-9-16(13-17)22-18(26)12-11-15-7-4-3-5-8-15/h3-13H,2,14H2,1H3,(H,22,26)(H,23,24,25,27)/b12-11+. The van der Waals surface area contributed by atoms with E-state index in [1.54, 1.807) is 6.08 Å². The molecule has 0 aliphatic carbocycles. The molecule has 2 N–H and O–H groups in total. The first kappa shape index (κ1) is 22.1. The number of rotatable bonds is 9. The summed E-state index contributed by atoms with van der Waals surface area (Å²) in [5.41, 5.74) is 1.63. The highest BCUT2D eigenvalue weighted by Crippen LogP contribution is 2.23. The second-order valence-electron chi connectivity index (χ2n) is 5.91. The number of hydrogen-bond donors (Lipinski definition) is 2. The van der Waals surface area contributed by atoms with Crippen LogP contribution >= 0.6 is 35.1 Å². The van der Waals surface area contributed by atoms with Crippen LogP contribution in [-0.4, -0.2) is 32.7 Å². The molecule has 2 aromatic carbocycles. The van der Waals surface area contributed by atoms with Crippen molar-refractivity contribution in [1.29, 1.82) is 0 Å². The van der Waals surface area contributed by atoms with Crippen LogP contribution in [0, 0.1) is 0 Å². The maximum atomic E-state index is 12.2. The van der Waals surface area contributed by atoms with Gasteiger partial charge in [-0.3, -0.25) is 14.9 Å². The molecule has 3 rings (SSSR count). The number of nitrogens with one attached hydrogen (secondary N) is 2. The molecular weight excluding hydrogens is 436 g/mol. The lowest BCUT2D eigenvalue weighted by Gasteiger charge is -2.06. The summed E-state index contributed by atoms with van der Waals surface area (Å²) in [6.45, 7) is 2.02. The van der Waals surface area contributed by atoms with Crippen molar-refractivity contribution in [2.75, 3.05) is 22.1 Å². The third-order valence-electron chi connectivity index (χ3n) is 3.63. The molecule has 0 saturated heterocycles. The third-order valence-corrected chi connectivity index (χ3v) is 6.09. The van der Waals surface area contributed by atoms with Crippen LogP contribution in [0.15, 0.2) is 70.7 Å². The molecule has 2 amide bonds. The summed E-state index contributed by atoms with van der Waals surface area (Å²) in [7, 11) is 0. The summed E-state index contributed by atoms with van der Waals surface area (Å²) < 4.78 is 4.18. The van der Waals surface area contributed by atoms with Crippen molar-refractivity contribution in [2.24, 2.45) is 0 Å². The van der Waals surface area contributed by atoms with Crippen LogP contribution < -0.4 is 10.6 Å². The number of aromatic nitrogens is 2. The Morgan fingerprint density at radius 2 is 1.90 bits per heavy atom. The van der Waals surface area contributed by atoms with E-state index in [-0.39, 0.29) is 17.6 Å². The van der Waals surface area contributed by atoms with Crippen molar-refractivity contribution in [2.45, 2.75) is 17.0 Å². The van der Waals surface area contributed by atoms with Crippen LogP contribution in [0.2, 0.25) is 0 Å². The Morgan fingerprint density at radius 3 is 2.70 bits per heavy atom. The topological polar surface area (TPSA) is 84.0 Å². The van der Waals surface area contributed by atoms with Gasteiger partial charge in [-0.1, -0.05) is 55.1 Å². The van der Waals surface area contributed by atoms with Crippen molar-refractivity contribution in [3.8, 4) is 0 Å². The molecule has 0 atom stereocenters. The summed E-state index contributed by atoms with van der Waals surface area (Å²) in [5.74, 6) is 0.760. The van der Waals surface area contributed by atoms with Gasteiger partial charge in [0.2, 0.25) is 22.1 Å². The smallest absolute Gasteiger partial charge is 0.248 e. The number of amides is 2. The van der Waals surface area contributed by atoms with Crippen LogP contribution in [0.5, 0.6) is 0 Å². The predicted molar refractivity (Wildman–Crippen MR) is 126 cm³/mol. The highest BCUT2D eigenvalue weighted by atomic mass is 32.2. The fraction of sp³-hybridized carbons (Fsp3) is 0.143. The maximum Gasteiger partial charge on any atom is 0.248 e. The van der Waals surface area contributed by atoms with Gasteiger partial charge in [-0.25, -0.2) is 0 Å². The summed E-state index contributed by atoms with van der Waals surface area (Å²) in [6, 6.07) is 17.0. The van der Waals surface area contributed by atoms with Gasteiger partial charge in [0.25, 0.3) is 0 Å². The van der Waals surface area contributed by atoms with Gasteiger partial charge in [-0.2, -0.15) is 9.36 Å². The molecule has 1 heterocycles. The average molecular weight is 457 g/mol. The molecule has 9 heteroatoms. The summed E-state index contributed by atoms with van der Waals surface area (Å²) >= 11 is 4.10. The van der Waals surface area contributed by atoms with E-state index < -0.39 is 0 Å². The zero-order chi connectivity index (χ0) is 21.2. The summed E-state index contributed by atoms with van der Waals surface area (Å²) in [5, 5.41) is 6.78. The lowest BCUT2D eigenvalue weighted by Crippen LogP contribution is -2.13.